The standard InChI is InChI=1S/C16H26O4/c1-6-19-16(18)15(20-14(5)17)11-10-13(4)9-7-8-12(2)3/h8,10,15H,6-7,9,11H2,1-5H3/b13-10-. The summed E-state index contributed by atoms with van der Waals surface area (Å²) in [5.74, 6) is -0.963. The lowest BCUT2D eigenvalue weighted by molar-refractivity contribution is -0.166. The van der Waals surface area contributed by atoms with E-state index in [0.717, 1.165) is 12.8 Å². The van der Waals surface area contributed by atoms with Gasteiger partial charge in [0.05, 0.1) is 6.61 Å². The Morgan fingerprint density at radius 2 is 1.75 bits per heavy atom. The highest BCUT2D eigenvalue weighted by molar-refractivity contribution is 5.78. The van der Waals surface area contributed by atoms with Gasteiger partial charge in [0.2, 0.25) is 6.10 Å². The van der Waals surface area contributed by atoms with Gasteiger partial charge in [-0.05, 0) is 40.5 Å². The van der Waals surface area contributed by atoms with Gasteiger partial charge in [0.15, 0.2) is 0 Å². The molecule has 0 aromatic carbocycles. The smallest absolute Gasteiger partial charge is 0.347 e. The molecular weight excluding hydrogens is 256 g/mol. The average Bonchev–Trinajstić information content (AvgIpc) is 2.33. The highest BCUT2D eigenvalue weighted by Gasteiger charge is 2.21. The van der Waals surface area contributed by atoms with Crippen LogP contribution in [0, 0.1) is 0 Å². The third kappa shape index (κ3) is 9.36. The minimum absolute atomic E-state index is 0.278. The monoisotopic (exact) mass is 282 g/mol. The van der Waals surface area contributed by atoms with Crippen LogP contribution in [0.5, 0.6) is 0 Å². The fourth-order valence-electron chi connectivity index (χ4n) is 1.63. The Kier molecular flexibility index (Phi) is 9.43. The van der Waals surface area contributed by atoms with E-state index in [2.05, 4.69) is 19.9 Å². The zero-order chi connectivity index (χ0) is 15.5. The van der Waals surface area contributed by atoms with Gasteiger partial charge in [0.25, 0.3) is 0 Å². The van der Waals surface area contributed by atoms with Crippen LogP contribution in [-0.2, 0) is 19.1 Å². The van der Waals surface area contributed by atoms with E-state index >= 15 is 0 Å². The molecule has 4 heteroatoms. The van der Waals surface area contributed by atoms with Gasteiger partial charge in [-0.2, -0.15) is 0 Å². The summed E-state index contributed by atoms with van der Waals surface area (Å²) in [5.41, 5.74) is 2.46. The lowest BCUT2D eigenvalue weighted by atomic mass is 10.1. The molecule has 0 fully saturated rings. The number of rotatable bonds is 8. The molecule has 0 N–H and O–H groups in total. The molecular formula is C16H26O4. The van der Waals surface area contributed by atoms with Crippen LogP contribution < -0.4 is 0 Å². The molecule has 0 amide bonds. The third-order valence-corrected chi connectivity index (χ3v) is 2.63. The summed E-state index contributed by atoms with van der Waals surface area (Å²) in [6.07, 6.45) is 5.53. The van der Waals surface area contributed by atoms with Gasteiger partial charge >= 0.3 is 11.9 Å². The summed E-state index contributed by atoms with van der Waals surface area (Å²) in [4.78, 5) is 22.7. The summed E-state index contributed by atoms with van der Waals surface area (Å²) in [5, 5.41) is 0. The molecule has 0 heterocycles. The molecule has 0 aliphatic carbocycles. The van der Waals surface area contributed by atoms with E-state index in [-0.39, 0.29) is 6.61 Å². The zero-order valence-corrected chi connectivity index (χ0v) is 13.2. The molecule has 0 saturated heterocycles. The van der Waals surface area contributed by atoms with Gasteiger partial charge in [0, 0.05) is 13.3 Å². The maximum absolute atomic E-state index is 11.7. The molecule has 0 saturated carbocycles. The number of carbonyl (C=O) groups is 2. The number of hydrogen-bond donors (Lipinski definition) is 0. The first kappa shape index (κ1) is 18.4. The molecule has 4 nitrogen and oxygen atoms in total. The Labute approximate surface area is 121 Å². The second-order valence-corrected chi connectivity index (χ2v) is 4.96. The highest BCUT2D eigenvalue weighted by Crippen LogP contribution is 2.11. The summed E-state index contributed by atoms with van der Waals surface area (Å²) < 4.78 is 9.88. The Balaban J connectivity index is 4.45. The van der Waals surface area contributed by atoms with Crippen LogP contribution in [0.4, 0.5) is 0 Å². The SMILES string of the molecule is CCOC(=O)C(C/C=C(/C)CCC=C(C)C)OC(C)=O. The van der Waals surface area contributed by atoms with Crippen molar-refractivity contribution in [2.75, 3.05) is 6.61 Å². The zero-order valence-electron chi connectivity index (χ0n) is 13.2. The van der Waals surface area contributed by atoms with E-state index in [1.807, 2.05) is 13.0 Å². The summed E-state index contributed by atoms with van der Waals surface area (Å²) in [6.45, 7) is 9.43. The van der Waals surface area contributed by atoms with Crippen molar-refractivity contribution < 1.29 is 19.1 Å². The molecule has 0 spiro atoms. The van der Waals surface area contributed by atoms with Gasteiger partial charge in [-0.15, -0.1) is 0 Å². The van der Waals surface area contributed by atoms with Crippen LogP contribution in [0.2, 0.25) is 0 Å². The molecule has 0 rings (SSSR count). The fraction of sp³-hybridized carbons (Fsp3) is 0.625. The van der Waals surface area contributed by atoms with Crippen LogP contribution in [0.1, 0.15) is 53.9 Å². The van der Waals surface area contributed by atoms with Crippen molar-refractivity contribution in [3.8, 4) is 0 Å². The van der Waals surface area contributed by atoms with E-state index in [4.69, 9.17) is 9.47 Å². The van der Waals surface area contributed by atoms with Crippen LogP contribution >= 0.6 is 0 Å². The van der Waals surface area contributed by atoms with Crippen LogP contribution in [0.15, 0.2) is 23.3 Å². The molecule has 0 radical (unpaired) electrons. The molecule has 1 atom stereocenters. The second-order valence-electron chi connectivity index (χ2n) is 4.96. The minimum atomic E-state index is -0.842. The molecule has 0 bridgehead atoms. The van der Waals surface area contributed by atoms with E-state index in [9.17, 15) is 9.59 Å². The summed E-state index contributed by atoms with van der Waals surface area (Å²) >= 11 is 0. The number of ether oxygens (including phenoxy) is 2. The third-order valence-electron chi connectivity index (χ3n) is 2.63. The van der Waals surface area contributed by atoms with Gasteiger partial charge in [0.1, 0.15) is 0 Å². The van der Waals surface area contributed by atoms with Crippen molar-refractivity contribution in [1.29, 1.82) is 0 Å². The summed E-state index contributed by atoms with van der Waals surface area (Å²) in [7, 11) is 0. The van der Waals surface area contributed by atoms with Crippen molar-refractivity contribution in [3.63, 3.8) is 0 Å². The Morgan fingerprint density at radius 3 is 2.25 bits per heavy atom. The topological polar surface area (TPSA) is 52.6 Å². The van der Waals surface area contributed by atoms with Crippen molar-refractivity contribution in [3.05, 3.63) is 23.3 Å². The first-order chi connectivity index (χ1) is 9.36. The molecule has 0 aromatic rings. The van der Waals surface area contributed by atoms with E-state index in [0.29, 0.717) is 6.42 Å². The Morgan fingerprint density at radius 1 is 1.10 bits per heavy atom. The van der Waals surface area contributed by atoms with Crippen LogP contribution in [0.25, 0.3) is 0 Å². The van der Waals surface area contributed by atoms with E-state index in [1.54, 1.807) is 6.92 Å². The molecule has 0 aliphatic rings. The van der Waals surface area contributed by atoms with Crippen molar-refractivity contribution in [2.45, 2.75) is 60.0 Å². The minimum Gasteiger partial charge on any atom is -0.463 e. The number of allylic oxidation sites excluding steroid dienone is 3. The molecule has 20 heavy (non-hydrogen) atoms. The van der Waals surface area contributed by atoms with E-state index < -0.39 is 18.0 Å². The van der Waals surface area contributed by atoms with Gasteiger partial charge in [-0.3, -0.25) is 4.79 Å². The van der Waals surface area contributed by atoms with Gasteiger partial charge < -0.3 is 9.47 Å². The van der Waals surface area contributed by atoms with Crippen LogP contribution in [0.3, 0.4) is 0 Å². The first-order valence-electron chi connectivity index (χ1n) is 6.99. The lowest BCUT2D eigenvalue weighted by Crippen LogP contribution is -2.28. The van der Waals surface area contributed by atoms with Crippen LogP contribution in [-0.4, -0.2) is 24.6 Å². The summed E-state index contributed by atoms with van der Waals surface area (Å²) in [6, 6.07) is 0. The number of hydrogen-bond acceptors (Lipinski definition) is 4. The predicted octanol–water partition coefficient (Wildman–Crippen LogP) is 3.56. The fourth-order valence-corrected chi connectivity index (χ4v) is 1.63. The lowest BCUT2D eigenvalue weighted by Gasteiger charge is -2.14. The second kappa shape index (κ2) is 10.2. The van der Waals surface area contributed by atoms with Gasteiger partial charge in [-0.1, -0.05) is 23.3 Å². The number of carbonyl (C=O) groups excluding carboxylic acids is 2. The maximum atomic E-state index is 11.7. The Bertz CT molecular complexity index is 376. The maximum Gasteiger partial charge on any atom is 0.347 e. The van der Waals surface area contributed by atoms with Crippen molar-refractivity contribution in [2.24, 2.45) is 0 Å². The largest absolute Gasteiger partial charge is 0.463 e. The quantitative estimate of drug-likeness (QED) is 0.504. The molecule has 1 unspecified atom stereocenters. The normalized spacial score (nSPS) is 12.6. The molecule has 0 aromatic heterocycles. The van der Waals surface area contributed by atoms with Crippen molar-refractivity contribution in [1.82, 2.24) is 0 Å². The highest BCUT2D eigenvalue weighted by atomic mass is 16.6. The van der Waals surface area contributed by atoms with E-state index in [1.165, 1.54) is 18.1 Å². The molecule has 0 aliphatic heterocycles. The number of esters is 2. The van der Waals surface area contributed by atoms with Crippen molar-refractivity contribution >= 4 is 11.9 Å². The predicted molar refractivity (Wildman–Crippen MR) is 79.2 cm³/mol. The first-order valence-corrected chi connectivity index (χ1v) is 6.99. The average molecular weight is 282 g/mol. The molecule has 114 valence electrons. The Hall–Kier alpha value is -1.58. The van der Waals surface area contributed by atoms with Gasteiger partial charge in [-0.25, -0.2) is 4.79 Å².